The molecule has 2 aromatic carbocycles. The summed E-state index contributed by atoms with van der Waals surface area (Å²) in [7, 11) is 3.09. The van der Waals surface area contributed by atoms with E-state index in [2.05, 4.69) is 15.9 Å². The summed E-state index contributed by atoms with van der Waals surface area (Å²) in [6, 6.07) is 11.5. The van der Waals surface area contributed by atoms with E-state index in [1.165, 1.54) is 0 Å². The zero-order chi connectivity index (χ0) is 20.5. The van der Waals surface area contributed by atoms with Crippen molar-refractivity contribution in [1.29, 1.82) is 0 Å². The Balaban J connectivity index is 2.79. The number of amides is 1. The Kier molecular flexibility index (Phi) is 8.76. The average molecular weight is 452 g/mol. The number of benzene rings is 2. The second kappa shape index (κ2) is 11.0. The molecule has 28 heavy (non-hydrogen) atoms. The number of carbonyl (C=O) groups excluding carboxylic acids is 1. The summed E-state index contributed by atoms with van der Waals surface area (Å²) in [5.41, 5.74) is 8.21. The van der Waals surface area contributed by atoms with Crippen molar-refractivity contribution in [3.8, 4) is 22.6 Å². The van der Waals surface area contributed by atoms with Gasteiger partial charge in [0.2, 0.25) is 5.91 Å². The maximum absolute atomic E-state index is 12.3. The Bertz CT molecular complexity index is 782. The molecule has 0 aliphatic carbocycles. The summed E-state index contributed by atoms with van der Waals surface area (Å²) in [5.74, 6) is 0.136. The monoisotopic (exact) mass is 451 g/mol. The number of nitrogens with two attached hydrogens (primary N) is 1. The van der Waals surface area contributed by atoms with Gasteiger partial charge < -0.3 is 24.7 Å². The average Bonchev–Trinajstić information content (AvgIpc) is 2.70. The van der Waals surface area contributed by atoms with Gasteiger partial charge in [-0.05, 0) is 33.5 Å². The molecule has 0 aliphatic heterocycles. The van der Waals surface area contributed by atoms with Gasteiger partial charge in [0.15, 0.2) is 13.6 Å². The Morgan fingerprint density at radius 3 is 2.21 bits per heavy atom. The number of rotatable bonds is 11. The first-order chi connectivity index (χ1) is 13.5. The molecule has 0 radical (unpaired) electrons. The molecule has 0 saturated heterocycles. The van der Waals surface area contributed by atoms with E-state index in [9.17, 15) is 4.79 Å². The molecule has 2 N–H and O–H groups in total. The highest BCUT2D eigenvalue weighted by molar-refractivity contribution is 9.10. The van der Waals surface area contributed by atoms with E-state index in [0.29, 0.717) is 22.4 Å². The molecule has 1 atom stereocenters. The van der Waals surface area contributed by atoms with E-state index >= 15 is 0 Å². The second-order valence-corrected chi connectivity index (χ2v) is 6.98. The van der Waals surface area contributed by atoms with Gasteiger partial charge in [0.05, 0.1) is 10.4 Å². The van der Waals surface area contributed by atoms with Crippen molar-refractivity contribution in [3.05, 3.63) is 46.4 Å². The van der Waals surface area contributed by atoms with Crippen LogP contribution < -0.4 is 15.2 Å². The van der Waals surface area contributed by atoms with Crippen LogP contribution in [0.4, 0.5) is 0 Å². The van der Waals surface area contributed by atoms with E-state index in [-0.39, 0.29) is 13.6 Å². The zero-order valence-electron chi connectivity index (χ0n) is 16.4. The molecule has 0 aliphatic rings. The van der Waals surface area contributed by atoms with E-state index < -0.39 is 11.8 Å². The number of hydrogen-bond acceptors (Lipinski definition) is 5. The van der Waals surface area contributed by atoms with Gasteiger partial charge in [0, 0.05) is 25.8 Å². The highest BCUT2D eigenvalue weighted by atomic mass is 79.9. The van der Waals surface area contributed by atoms with Crippen LogP contribution in [-0.2, 0) is 14.3 Å². The largest absolute Gasteiger partial charge is 0.467 e. The predicted molar refractivity (Wildman–Crippen MR) is 111 cm³/mol. The topological polar surface area (TPSA) is 80.0 Å². The van der Waals surface area contributed by atoms with Crippen molar-refractivity contribution in [2.24, 2.45) is 5.73 Å². The zero-order valence-corrected chi connectivity index (χ0v) is 18.0. The number of primary amides is 1. The van der Waals surface area contributed by atoms with Crippen molar-refractivity contribution in [1.82, 2.24) is 0 Å². The summed E-state index contributed by atoms with van der Waals surface area (Å²) >= 11 is 3.63. The first kappa shape index (κ1) is 22.2. The van der Waals surface area contributed by atoms with E-state index in [1.807, 2.05) is 37.3 Å². The fourth-order valence-electron chi connectivity index (χ4n) is 3.04. The molecule has 0 aromatic heterocycles. The number of carbonyl (C=O) groups is 1. The number of halogens is 1. The molecule has 0 heterocycles. The molecule has 0 bridgehead atoms. The minimum absolute atomic E-state index is 0.0552. The van der Waals surface area contributed by atoms with Gasteiger partial charge in [-0.15, -0.1) is 0 Å². The van der Waals surface area contributed by atoms with Crippen molar-refractivity contribution in [2.75, 3.05) is 27.8 Å². The first-order valence-electron chi connectivity index (χ1n) is 8.99. The van der Waals surface area contributed by atoms with Crippen molar-refractivity contribution < 1.29 is 23.7 Å². The molecule has 0 saturated carbocycles. The SMILES string of the molecule is CCCC(C(N)=O)c1c(Br)c(OCOC)cc(OCOC)c1-c1ccccc1. The molecule has 1 unspecified atom stereocenters. The molecule has 0 spiro atoms. The van der Waals surface area contributed by atoms with Crippen LogP contribution in [0.3, 0.4) is 0 Å². The standard InChI is InChI=1S/C21H26BrNO5/c1-4-8-15(21(23)24)19-18(14-9-6-5-7-10-14)16(27-12-25-2)11-17(20(19)22)28-13-26-3/h5-7,9-11,15H,4,8,12-13H2,1-3H3,(H2,23,24). The molecule has 152 valence electrons. The van der Waals surface area contributed by atoms with Crippen LogP contribution in [0, 0.1) is 0 Å². The Labute approximate surface area is 174 Å². The van der Waals surface area contributed by atoms with E-state index in [4.69, 9.17) is 24.7 Å². The summed E-state index contributed by atoms with van der Waals surface area (Å²) in [6.45, 7) is 2.13. The van der Waals surface area contributed by atoms with Crippen LogP contribution in [-0.4, -0.2) is 33.7 Å². The lowest BCUT2D eigenvalue weighted by Gasteiger charge is -2.24. The van der Waals surface area contributed by atoms with E-state index in [1.54, 1.807) is 20.3 Å². The van der Waals surface area contributed by atoms with Gasteiger partial charge in [-0.2, -0.15) is 0 Å². The molecular formula is C21H26BrNO5. The lowest BCUT2D eigenvalue weighted by atomic mass is 9.86. The van der Waals surface area contributed by atoms with Crippen LogP contribution in [0.1, 0.15) is 31.2 Å². The molecule has 2 rings (SSSR count). The fraction of sp³-hybridized carbons (Fsp3) is 0.381. The Morgan fingerprint density at radius 2 is 1.68 bits per heavy atom. The predicted octanol–water partition coefficient (Wildman–Crippen LogP) is 4.45. The lowest BCUT2D eigenvalue weighted by molar-refractivity contribution is -0.119. The molecule has 2 aromatic rings. The summed E-state index contributed by atoms with van der Waals surface area (Å²) < 4.78 is 22.3. The van der Waals surface area contributed by atoms with Gasteiger partial charge in [-0.3, -0.25) is 4.79 Å². The first-order valence-corrected chi connectivity index (χ1v) is 9.78. The van der Waals surface area contributed by atoms with Crippen LogP contribution in [0.25, 0.3) is 11.1 Å². The van der Waals surface area contributed by atoms with Gasteiger partial charge in [0.1, 0.15) is 11.5 Å². The lowest BCUT2D eigenvalue weighted by Crippen LogP contribution is -2.23. The highest BCUT2D eigenvalue weighted by Gasteiger charge is 2.29. The van der Waals surface area contributed by atoms with Gasteiger partial charge >= 0.3 is 0 Å². The normalized spacial score (nSPS) is 11.9. The molecule has 0 fully saturated rings. The number of methoxy groups -OCH3 is 2. The van der Waals surface area contributed by atoms with Crippen LogP contribution in [0.15, 0.2) is 40.9 Å². The Hall–Kier alpha value is -2.09. The van der Waals surface area contributed by atoms with Gasteiger partial charge in [0.25, 0.3) is 0 Å². The van der Waals surface area contributed by atoms with E-state index in [0.717, 1.165) is 23.1 Å². The minimum Gasteiger partial charge on any atom is -0.467 e. The summed E-state index contributed by atoms with van der Waals surface area (Å²) in [4.78, 5) is 12.3. The number of ether oxygens (including phenoxy) is 4. The van der Waals surface area contributed by atoms with Crippen molar-refractivity contribution in [2.45, 2.75) is 25.7 Å². The molecule has 1 amide bonds. The third kappa shape index (κ3) is 5.25. The molecule has 6 nitrogen and oxygen atoms in total. The second-order valence-electron chi connectivity index (χ2n) is 6.19. The molecule has 7 heteroatoms. The quantitative estimate of drug-likeness (QED) is 0.510. The fourth-order valence-corrected chi connectivity index (χ4v) is 3.74. The highest BCUT2D eigenvalue weighted by Crippen LogP contribution is 2.47. The summed E-state index contributed by atoms with van der Waals surface area (Å²) in [6.07, 6.45) is 1.40. The summed E-state index contributed by atoms with van der Waals surface area (Å²) in [5, 5.41) is 0. The van der Waals surface area contributed by atoms with Gasteiger partial charge in [-0.1, -0.05) is 43.7 Å². The van der Waals surface area contributed by atoms with Crippen LogP contribution >= 0.6 is 15.9 Å². The van der Waals surface area contributed by atoms with Crippen LogP contribution in [0.5, 0.6) is 11.5 Å². The maximum atomic E-state index is 12.3. The smallest absolute Gasteiger partial charge is 0.225 e. The third-order valence-electron chi connectivity index (χ3n) is 4.23. The van der Waals surface area contributed by atoms with Gasteiger partial charge in [-0.25, -0.2) is 0 Å². The number of hydrogen-bond donors (Lipinski definition) is 1. The third-order valence-corrected chi connectivity index (χ3v) is 5.04. The maximum Gasteiger partial charge on any atom is 0.225 e. The van der Waals surface area contributed by atoms with Crippen molar-refractivity contribution >= 4 is 21.8 Å². The van der Waals surface area contributed by atoms with Crippen molar-refractivity contribution in [3.63, 3.8) is 0 Å². The molecular weight excluding hydrogens is 426 g/mol. The van der Waals surface area contributed by atoms with Crippen LogP contribution in [0.2, 0.25) is 0 Å². The Morgan fingerprint density at radius 1 is 1.07 bits per heavy atom. The minimum atomic E-state index is -0.509.